The summed E-state index contributed by atoms with van der Waals surface area (Å²) in [5.41, 5.74) is 1.46. The number of hydrogen-bond acceptors (Lipinski definition) is 4. The minimum absolute atomic E-state index is 0.201. The van der Waals surface area contributed by atoms with Crippen LogP contribution in [-0.2, 0) is 0 Å². The molecule has 1 aromatic heterocycles. The smallest absolute Gasteiger partial charge is 0.202 e. The number of aryl methyl sites for hydroxylation is 1. The van der Waals surface area contributed by atoms with E-state index < -0.39 is 0 Å². The van der Waals surface area contributed by atoms with Gasteiger partial charge in [0.05, 0.1) is 0 Å². The molecular formula is C12H14FN3S. The van der Waals surface area contributed by atoms with Gasteiger partial charge in [-0.2, -0.15) is 9.36 Å². The first-order valence-corrected chi connectivity index (χ1v) is 6.32. The van der Waals surface area contributed by atoms with Crippen molar-refractivity contribution in [2.75, 3.05) is 11.9 Å². The van der Waals surface area contributed by atoms with Crippen LogP contribution < -0.4 is 5.32 Å². The van der Waals surface area contributed by atoms with Crippen LogP contribution in [0, 0.1) is 12.7 Å². The van der Waals surface area contributed by atoms with Gasteiger partial charge in [-0.15, -0.1) is 0 Å². The van der Waals surface area contributed by atoms with Crippen molar-refractivity contribution in [1.29, 1.82) is 0 Å². The lowest BCUT2D eigenvalue weighted by atomic mass is 10.1. The molecule has 1 N–H and O–H groups in total. The number of aromatic nitrogens is 2. The monoisotopic (exact) mass is 251 g/mol. The van der Waals surface area contributed by atoms with Gasteiger partial charge >= 0.3 is 0 Å². The Hall–Kier alpha value is -1.49. The molecule has 0 spiro atoms. The van der Waals surface area contributed by atoms with Crippen molar-refractivity contribution in [3.8, 4) is 11.4 Å². The zero-order valence-electron chi connectivity index (χ0n) is 9.83. The zero-order chi connectivity index (χ0) is 12.3. The van der Waals surface area contributed by atoms with Crippen molar-refractivity contribution >= 4 is 16.7 Å². The molecule has 17 heavy (non-hydrogen) atoms. The van der Waals surface area contributed by atoms with Crippen molar-refractivity contribution in [1.82, 2.24) is 9.36 Å². The maximum Gasteiger partial charge on any atom is 0.202 e. The fraction of sp³-hybridized carbons (Fsp3) is 0.333. The average Bonchev–Trinajstić information content (AvgIpc) is 2.79. The van der Waals surface area contributed by atoms with E-state index in [0.717, 1.165) is 23.7 Å². The molecule has 5 heteroatoms. The van der Waals surface area contributed by atoms with E-state index in [4.69, 9.17) is 0 Å². The van der Waals surface area contributed by atoms with E-state index >= 15 is 0 Å². The summed E-state index contributed by atoms with van der Waals surface area (Å²) in [7, 11) is 0. The molecule has 90 valence electrons. The molecule has 3 nitrogen and oxygen atoms in total. The molecule has 2 aromatic rings. The molecule has 2 rings (SSSR count). The zero-order valence-corrected chi connectivity index (χ0v) is 10.6. The molecule has 0 fully saturated rings. The fourth-order valence-corrected chi connectivity index (χ4v) is 2.04. The molecule has 0 unspecified atom stereocenters. The molecule has 0 bridgehead atoms. The second-order valence-corrected chi connectivity index (χ2v) is 4.57. The predicted octanol–water partition coefficient (Wildman–Crippen LogP) is 3.47. The first kappa shape index (κ1) is 12.0. The van der Waals surface area contributed by atoms with Gasteiger partial charge in [0.1, 0.15) is 5.82 Å². The van der Waals surface area contributed by atoms with Crippen LogP contribution in [0.25, 0.3) is 11.4 Å². The van der Waals surface area contributed by atoms with Crippen molar-refractivity contribution in [3.05, 3.63) is 29.6 Å². The summed E-state index contributed by atoms with van der Waals surface area (Å²) in [6, 6.07) is 4.92. The number of nitrogens with zero attached hydrogens (tertiary/aromatic N) is 2. The van der Waals surface area contributed by atoms with E-state index in [1.165, 1.54) is 17.6 Å². The molecule has 0 radical (unpaired) electrons. The summed E-state index contributed by atoms with van der Waals surface area (Å²) in [4.78, 5) is 4.36. The van der Waals surface area contributed by atoms with Gasteiger partial charge in [-0.1, -0.05) is 6.92 Å². The normalized spacial score (nSPS) is 10.5. The van der Waals surface area contributed by atoms with Crippen LogP contribution >= 0.6 is 11.5 Å². The highest BCUT2D eigenvalue weighted by atomic mass is 32.1. The highest BCUT2D eigenvalue weighted by molar-refractivity contribution is 7.09. The van der Waals surface area contributed by atoms with Crippen molar-refractivity contribution < 1.29 is 4.39 Å². The van der Waals surface area contributed by atoms with Gasteiger partial charge in [-0.05, 0) is 37.1 Å². The number of hydrogen-bond donors (Lipinski definition) is 1. The van der Waals surface area contributed by atoms with Crippen LogP contribution in [0.4, 0.5) is 9.52 Å². The van der Waals surface area contributed by atoms with Gasteiger partial charge in [0.15, 0.2) is 5.82 Å². The average molecular weight is 251 g/mol. The summed E-state index contributed by atoms with van der Waals surface area (Å²) in [5, 5.41) is 3.99. The maximum atomic E-state index is 13.1. The summed E-state index contributed by atoms with van der Waals surface area (Å²) in [5.74, 6) is 0.449. The van der Waals surface area contributed by atoms with E-state index in [1.54, 1.807) is 19.1 Å². The highest BCUT2D eigenvalue weighted by Gasteiger charge is 2.07. The molecule has 1 aromatic carbocycles. The third-order valence-electron chi connectivity index (χ3n) is 2.37. The van der Waals surface area contributed by atoms with Gasteiger partial charge in [0.2, 0.25) is 5.13 Å². The molecule has 0 aliphatic heterocycles. The maximum absolute atomic E-state index is 13.1. The molecule has 1 heterocycles. The Bertz CT molecular complexity index is 510. The Labute approximate surface area is 104 Å². The Morgan fingerprint density at radius 2 is 2.24 bits per heavy atom. The minimum Gasteiger partial charge on any atom is -0.360 e. The number of rotatable bonds is 4. The van der Waals surface area contributed by atoms with Crippen LogP contribution in [0.5, 0.6) is 0 Å². The summed E-state index contributed by atoms with van der Waals surface area (Å²) >= 11 is 1.33. The number of nitrogens with one attached hydrogen (secondary N) is 1. The lowest BCUT2D eigenvalue weighted by Gasteiger charge is -1.99. The second kappa shape index (κ2) is 5.23. The third-order valence-corrected chi connectivity index (χ3v) is 3.04. The van der Waals surface area contributed by atoms with Gasteiger partial charge in [-0.3, -0.25) is 0 Å². The topological polar surface area (TPSA) is 37.8 Å². The van der Waals surface area contributed by atoms with E-state index in [1.807, 2.05) is 0 Å². The Kier molecular flexibility index (Phi) is 3.68. The molecule has 0 atom stereocenters. The van der Waals surface area contributed by atoms with Crippen LogP contribution in [0.15, 0.2) is 18.2 Å². The van der Waals surface area contributed by atoms with Gasteiger partial charge in [0, 0.05) is 23.6 Å². The Morgan fingerprint density at radius 3 is 2.94 bits per heavy atom. The number of halogens is 1. The van der Waals surface area contributed by atoms with Crippen molar-refractivity contribution in [3.63, 3.8) is 0 Å². The first-order valence-electron chi connectivity index (χ1n) is 5.55. The number of benzene rings is 1. The Morgan fingerprint density at radius 1 is 1.41 bits per heavy atom. The van der Waals surface area contributed by atoms with Crippen LogP contribution in [-0.4, -0.2) is 15.9 Å². The molecule has 0 aliphatic rings. The molecule has 0 amide bonds. The van der Waals surface area contributed by atoms with E-state index in [2.05, 4.69) is 21.6 Å². The van der Waals surface area contributed by atoms with Gasteiger partial charge in [-0.25, -0.2) is 4.39 Å². The molecule has 0 saturated carbocycles. The minimum atomic E-state index is -0.201. The lowest BCUT2D eigenvalue weighted by Crippen LogP contribution is -1.98. The molecule has 0 aliphatic carbocycles. The van der Waals surface area contributed by atoms with Crippen LogP contribution in [0.3, 0.4) is 0 Å². The van der Waals surface area contributed by atoms with Crippen LogP contribution in [0.1, 0.15) is 18.9 Å². The third kappa shape index (κ3) is 2.79. The standard InChI is InChI=1S/C12H14FN3S/c1-3-6-14-12-15-11(16-17-12)9-4-5-10(13)8(2)7-9/h4-5,7H,3,6H2,1-2H3,(H,14,15,16). The predicted molar refractivity (Wildman–Crippen MR) is 68.8 cm³/mol. The van der Waals surface area contributed by atoms with Crippen molar-refractivity contribution in [2.45, 2.75) is 20.3 Å². The van der Waals surface area contributed by atoms with Crippen LogP contribution in [0.2, 0.25) is 0 Å². The van der Waals surface area contributed by atoms with E-state index in [9.17, 15) is 4.39 Å². The van der Waals surface area contributed by atoms with E-state index in [0.29, 0.717) is 11.4 Å². The summed E-state index contributed by atoms with van der Waals surface area (Å²) < 4.78 is 17.4. The van der Waals surface area contributed by atoms with Gasteiger partial charge in [0.25, 0.3) is 0 Å². The SMILES string of the molecule is CCCNc1nc(-c2ccc(F)c(C)c2)ns1. The fourth-order valence-electron chi connectivity index (χ4n) is 1.43. The lowest BCUT2D eigenvalue weighted by molar-refractivity contribution is 0.618. The quantitative estimate of drug-likeness (QED) is 0.904. The largest absolute Gasteiger partial charge is 0.360 e. The number of anilines is 1. The summed E-state index contributed by atoms with van der Waals surface area (Å²) in [6.45, 7) is 4.72. The molecule has 0 saturated heterocycles. The first-order chi connectivity index (χ1) is 8.20. The van der Waals surface area contributed by atoms with E-state index in [-0.39, 0.29) is 5.82 Å². The van der Waals surface area contributed by atoms with Crippen molar-refractivity contribution in [2.24, 2.45) is 0 Å². The Balaban J connectivity index is 2.21. The summed E-state index contributed by atoms with van der Waals surface area (Å²) in [6.07, 6.45) is 1.05. The van der Waals surface area contributed by atoms with Gasteiger partial charge < -0.3 is 5.32 Å². The highest BCUT2D eigenvalue weighted by Crippen LogP contribution is 2.22. The second-order valence-electron chi connectivity index (χ2n) is 3.81. The molecular weight excluding hydrogens is 237 g/mol.